The van der Waals surface area contributed by atoms with Crippen molar-refractivity contribution in [3.05, 3.63) is 95.1 Å². The van der Waals surface area contributed by atoms with Gasteiger partial charge in [0, 0.05) is 19.2 Å². The van der Waals surface area contributed by atoms with Crippen LogP contribution in [0.25, 0.3) is 0 Å². The van der Waals surface area contributed by atoms with E-state index in [9.17, 15) is 13.6 Å². The standard InChI is InChI=1S/C31H38F2N2O2/c1-3-5-7-9-24-10-12-25(13-11-24)22-35(31(36)34-30-19-16-27(32)21-29(30)33)23-26-14-17-28(18-15-26)37-20-8-6-4-2/h10-19,21H,3-9,20,22-23H2,1-2H3,(H,34,36). The van der Waals surface area contributed by atoms with E-state index in [2.05, 4.69) is 31.3 Å². The summed E-state index contributed by atoms with van der Waals surface area (Å²) in [6.07, 6.45) is 7.88. The van der Waals surface area contributed by atoms with Crippen LogP contribution in [0.4, 0.5) is 19.3 Å². The van der Waals surface area contributed by atoms with Crippen molar-refractivity contribution in [2.75, 3.05) is 11.9 Å². The molecular formula is C31H38F2N2O2. The highest BCUT2D eigenvalue weighted by Crippen LogP contribution is 2.20. The van der Waals surface area contributed by atoms with E-state index in [0.717, 1.165) is 61.1 Å². The number of rotatable bonds is 14. The van der Waals surface area contributed by atoms with E-state index in [1.54, 1.807) is 4.90 Å². The third-order valence-corrected chi connectivity index (χ3v) is 6.24. The van der Waals surface area contributed by atoms with Gasteiger partial charge in [-0.1, -0.05) is 75.9 Å². The maximum absolute atomic E-state index is 14.2. The van der Waals surface area contributed by atoms with Gasteiger partial charge < -0.3 is 15.0 Å². The van der Waals surface area contributed by atoms with Gasteiger partial charge in [0.25, 0.3) is 0 Å². The summed E-state index contributed by atoms with van der Waals surface area (Å²) < 4.78 is 33.3. The van der Waals surface area contributed by atoms with Crippen LogP contribution in [0, 0.1) is 11.6 Å². The van der Waals surface area contributed by atoms with Crippen LogP contribution < -0.4 is 10.1 Å². The second-order valence-electron chi connectivity index (χ2n) is 9.38. The molecule has 0 heterocycles. The molecule has 0 saturated carbocycles. The molecule has 0 aliphatic heterocycles. The van der Waals surface area contributed by atoms with Gasteiger partial charge in [-0.25, -0.2) is 13.6 Å². The number of carbonyl (C=O) groups is 1. The fourth-order valence-electron chi connectivity index (χ4n) is 4.05. The Kier molecular flexibility index (Phi) is 11.4. The highest BCUT2D eigenvalue weighted by Gasteiger charge is 2.17. The first-order valence-electron chi connectivity index (χ1n) is 13.3. The highest BCUT2D eigenvalue weighted by molar-refractivity contribution is 5.89. The Hall–Kier alpha value is -3.41. The lowest BCUT2D eigenvalue weighted by molar-refractivity contribution is 0.206. The number of anilines is 1. The number of benzene rings is 3. The normalized spacial score (nSPS) is 10.8. The molecule has 3 aromatic rings. The number of unbranched alkanes of at least 4 members (excludes halogenated alkanes) is 4. The van der Waals surface area contributed by atoms with Crippen molar-refractivity contribution in [3.8, 4) is 5.75 Å². The molecule has 0 fully saturated rings. The van der Waals surface area contributed by atoms with Crippen LogP contribution in [0.5, 0.6) is 5.75 Å². The second-order valence-corrected chi connectivity index (χ2v) is 9.38. The molecule has 0 bridgehead atoms. The number of hydrogen-bond acceptors (Lipinski definition) is 2. The molecule has 6 heteroatoms. The Labute approximate surface area is 219 Å². The van der Waals surface area contributed by atoms with E-state index in [-0.39, 0.29) is 5.69 Å². The molecule has 0 spiro atoms. The molecule has 3 aromatic carbocycles. The van der Waals surface area contributed by atoms with Crippen LogP contribution >= 0.6 is 0 Å². The zero-order chi connectivity index (χ0) is 26.5. The monoisotopic (exact) mass is 508 g/mol. The molecule has 3 rings (SSSR count). The number of urea groups is 1. The third-order valence-electron chi connectivity index (χ3n) is 6.24. The van der Waals surface area contributed by atoms with Crippen molar-refractivity contribution < 1.29 is 18.3 Å². The number of nitrogens with one attached hydrogen (secondary N) is 1. The molecule has 0 saturated heterocycles. The summed E-state index contributed by atoms with van der Waals surface area (Å²) in [6.45, 7) is 5.69. The van der Waals surface area contributed by atoms with Gasteiger partial charge in [-0.3, -0.25) is 0 Å². The maximum Gasteiger partial charge on any atom is 0.322 e. The molecule has 37 heavy (non-hydrogen) atoms. The van der Waals surface area contributed by atoms with Crippen LogP contribution in [0.15, 0.2) is 66.7 Å². The zero-order valence-corrected chi connectivity index (χ0v) is 21.9. The minimum absolute atomic E-state index is 0.0569. The molecule has 0 radical (unpaired) electrons. The van der Waals surface area contributed by atoms with Gasteiger partial charge in [-0.05, 0) is 60.2 Å². The molecule has 2 amide bonds. The van der Waals surface area contributed by atoms with Gasteiger partial charge in [-0.15, -0.1) is 0 Å². The predicted octanol–water partition coefficient (Wildman–Crippen LogP) is 8.50. The van der Waals surface area contributed by atoms with E-state index in [0.29, 0.717) is 19.7 Å². The summed E-state index contributed by atoms with van der Waals surface area (Å²) in [5, 5.41) is 2.60. The summed E-state index contributed by atoms with van der Waals surface area (Å²) in [4.78, 5) is 14.8. The van der Waals surface area contributed by atoms with Crippen LogP contribution in [-0.2, 0) is 19.5 Å². The van der Waals surface area contributed by atoms with Crippen LogP contribution in [0.3, 0.4) is 0 Å². The average molecular weight is 509 g/mol. The van der Waals surface area contributed by atoms with Crippen LogP contribution in [0.1, 0.15) is 69.1 Å². The Morgan fingerprint density at radius 1 is 0.784 bits per heavy atom. The van der Waals surface area contributed by atoms with Gasteiger partial charge in [0.15, 0.2) is 0 Å². The van der Waals surface area contributed by atoms with Crippen molar-refractivity contribution in [2.24, 2.45) is 0 Å². The lowest BCUT2D eigenvalue weighted by Gasteiger charge is -2.24. The zero-order valence-electron chi connectivity index (χ0n) is 21.9. The Bertz CT molecular complexity index is 1100. The predicted molar refractivity (Wildman–Crippen MR) is 146 cm³/mol. The first-order valence-corrected chi connectivity index (χ1v) is 13.3. The number of hydrogen-bond donors (Lipinski definition) is 1. The summed E-state index contributed by atoms with van der Waals surface area (Å²) in [6, 6.07) is 18.6. The number of amides is 2. The largest absolute Gasteiger partial charge is 0.494 e. The van der Waals surface area contributed by atoms with E-state index >= 15 is 0 Å². The first-order chi connectivity index (χ1) is 18.0. The smallest absolute Gasteiger partial charge is 0.322 e. The van der Waals surface area contributed by atoms with Crippen LogP contribution in [0.2, 0.25) is 0 Å². The maximum atomic E-state index is 14.2. The molecule has 198 valence electrons. The van der Waals surface area contributed by atoms with E-state index in [4.69, 9.17) is 4.74 Å². The Morgan fingerprint density at radius 2 is 1.38 bits per heavy atom. The minimum atomic E-state index is -0.811. The molecule has 4 nitrogen and oxygen atoms in total. The average Bonchev–Trinajstić information content (AvgIpc) is 2.90. The van der Waals surface area contributed by atoms with Crippen LogP contribution in [-0.4, -0.2) is 17.5 Å². The summed E-state index contributed by atoms with van der Waals surface area (Å²) >= 11 is 0. The number of nitrogens with zero attached hydrogens (tertiary/aromatic N) is 1. The van der Waals surface area contributed by atoms with E-state index in [1.165, 1.54) is 24.5 Å². The van der Waals surface area contributed by atoms with Gasteiger partial charge in [0.05, 0.1) is 12.3 Å². The first kappa shape index (κ1) is 28.2. The molecular weight excluding hydrogens is 470 g/mol. The lowest BCUT2D eigenvalue weighted by atomic mass is 10.1. The van der Waals surface area contributed by atoms with Gasteiger partial charge in [-0.2, -0.15) is 0 Å². The molecule has 0 aliphatic rings. The quantitative estimate of drug-likeness (QED) is 0.222. The molecule has 0 aromatic heterocycles. The van der Waals surface area contributed by atoms with Crippen molar-refractivity contribution >= 4 is 11.7 Å². The fourth-order valence-corrected chi connectivity index (χ4v) is 4.05. The SMILES string of the molecule is CCCCCOc1ccc(CN(Cc2ccc(CCCCC)cc2)C(=O)Nc2ccc(F)cc2F)cc1. The molecule has 0 atom stereocenters. The van der Waals surface area contributed by atoms with Crippen molar-refractivity contribution in [1.82, 2.24) is 4.90 Å². The van der Waals surface area contributed by atoms with Crippen molar-refractivity contribution in [2.45, 2.75) is 71.9 Å². The second kappa shape index (κ2) is 15.0. The Balaban J connectivity index is 1.71. The van der Waals surface area contributed by atoms with Gasteiger partial charge in [0.2, 0.25) is 0 Å². The van der Waals surface area contributed by atoms with E-state index < -0.39 is 17.7 Å². The topological polar surface area (TPSA) is 41.6 Å². The third kappa shape index (κ3) is 9.52. The van der Waals surface area contributed by atoms with Gasteiger partial charge >= 0.3 is 6.03 Å². The molecule has 0 unspecified atom stereocenters. The van der Waals surface area contributed by atoms with Gasteiger partial charge in [0.1, 0.15) is 17.4 Å². The van der Waals surface area contributed by atoms with Crippen molar-refractivity contribution in [3.63, 3.8) is 0 Å². The lowest BCUT2D eigenvalue weighted by Crippen LogP contribution is -2.34. The van der Waals surface area contributed by atoms with Crippen molar-refractivity contribution in [1.29, 1.82) is 0 Å². The number of carbonyl (C=O) groups excluding carboxylic acids is 1. The molecule has 0 aliphatic carbocycles. The number of ether oxygens (including phenoxy) is 1. The minimum Gasteiger partial charge on any atom is -0.494 e. The molecule has 1 N–H and O–H groups in total. The summed E-state index contributed by atoms with van der Waals surface area (Å²) in [5.41, 5.74) is 3.12. The number of halogens is 2. The number of aryl methyl sites for hydroxylation is 1. The van der Waals surface area contributed by atoms with E-state index in [1.807, 2.05) is 36.4 Å². The highest BCUT2D eigenvalue weighted by atomic mass is 19.1. The Morgan fingerprint density at radius 3 is 2.00 bits per heavy atom. The fraction of sp³-hybridized carbons (Fsp3) is 0.387. The summed E-state index contributed by atoms with van der Waals surface area (Å²) in [7, 11) is 0. The summed E-state index contributed by atoms with van der Waals surface area (Å²) in [5.74, 6) is -0.708.